The molecule has 17 heavy (non-hydrogen) atoms. The van der Waals surface area contributed by atoms with Crippen LogP contribution in [0.25, 0.3) is 0 Å². The molecule has 0 aromatic carbocycles. The van der Waals surface area contributed by atoms with Crippen molar-refractivity contribution in [2.45, 2.75) is 27.3 Å². The Kier molecular flexibility index (Phi) is 5.59. The first-order valence-corrected chi connectivity index (χ1v) is 6.26. The van der Waals surface area contributed by atoms with Crippen LogP contribution >= 0.6 is 0 Å². The van der Waals surface area contributed by atoms with Gasteiger partial charge < -0.3 is 10.2 Å². The summed E-state index contributed by atoms with van der Waals surface area (Å²) in [7, 11) is 2.17. The number of hydrogen-bond donors (Lipinski definition) is 1. The van der Waals surface area contributed by atoms with E-state index in [1.807, 2.05) is 24.4 Å². The lowest BCUT2D eigenvalue weighted by Gasteiger charge is -2.26. The van der Waals surface area contributed by atoms with Crippen molar-refractivity contribution in [3.05, 3.63) is 30.1 Å². The number of likely N-dealkylation sites (N-methyl/N-ethyl adjacent to an activating group) is 1. The second-order valence-electron chi connectivity index (χ2n) is 5.80. The Labute approximate surface area is 105 Å². The average Bonchev–Trinajstić information content (AvgIpc) is 2.23. The van der Waals surface area contributed by atoms with Crippen molar-refractivity contribution in [3.63, 3.8) is 0 Å². The van der Waals surface area contributed by atoms with Crippen LogP contribution in [0.2, 0.25) is 0 Å². The highest BCUT2D eigenvalue weighted by atomic mass is 15.1. The molecular formula is C14H25N3. The van der Waals surface area contributed by atoms with Crippen LogP contribution in [0, 0.1) is 5.41 Å². The minimum atomic E-state index is 0.371. The van der Waals surface area contributed by atoms with Crippen LogP contribution in [0.3, 0.4) is 0 Å². The standard InChI is InChI=1S/C14H25N3/c1-14(2,3)12-17(4)10-9-15-11-13-7-5-6-8-16-13/h5-8,15H,9-12H2,1-4H3. The Morgan fingerprint density at radius 2 is 2.06 bits per heavy atom. The van der Waals surface area contributed by atoms with Gasteiger partial charge in [0.2, 0.25) is 0 Å². The quantitative estimate of drug-likeness (QED) is 0.766. The molecule has 0 fully saturated rings. The van der Waals surface area contributed by atoms with Gasteiger partial charge in [0.25, 0.3) is 0 Å². The molecule has 1 aromatic heterocycles. The number of rotatable bonds is 6. The van der Waals surface area contributed by atoms with Gasteiger partial charge in [0.15, 0.2) is 0 Å². The monoisotopic (exact) mass is 235 g/mol. The Hall–Kier alpha value is -0.930. The van der Waals surface area contributed by atoms with Crippen molar-refractivity contribution in [1.29, 1.82) is 0 Å². The highest BCUT2D eigenvalue weighted by Crippen LogP contribution is 2.13. The SMILES string of the molecule is CN(CCNCc1ccccn1)CC(C)(C)C. The second kappa shape index (κ2) is 6.72. The fourth-order valence-corrected chi connectivity index (χ4v) is 1.88. The van der Waals surface area contributed by atoms with Gasteiger partial charge in [0, 0.05) is 32.4 Å². The Bertz CT molecular complexity index is 303. The van der Waals surface area contributed by atoms with Gasteiger partial charge in [-0.1, -0.05) is 26.8 Å². The van der Waals surface area contributed by atoms with Crippen molar-refractivity contribution < 1.29 is 0 Å². The molecule has 0 aliphatic rings. The zero-order valence-corrected chi connectivity index (χ0v) is 11.5. The van der Waals surface area contributed by atoms with Gasteiger partial charge in [-0.15, -0.1) is 0 Å². The molecule has 1 rings (SSSR count). The summed E-state index contributed by atoms with van der Waals surface area (Å²) in [6.45, 7) is 10.9. The molecule has 0 amide bonds. The third kappa shape index (κ3) is 7.08. The van der Waals surface area contributed by atoms with E-state index in [1.165, 1.54) is 0 Å². The lowest BCUT2D eigenvalue weighted by Crippen LogP contribution is -2.34. The molecular weight excluding hydrogens is 210 g/mol. The first-order valence-electron chi connectivity index (χ1n) is 6.26. The third-order valence-corrected chi connectivity index (χ3v) is 2.45. The Morgan fingerprint density at radius 1 is 1.29 bits per heavy atom. The molecule has 1 aromatic rings. The van der Waals surface area contributed by atoms with E-state index in [0.717, 1.165) is 31.9 Å². The lowest BCUT2D eigenvalue weighted by molar-refractivity contribution is 0.227. The average molecular weight is 235 g/mol. The first kappa shape index (κ1) is 14.1. The summed E-state index contributed by atoms with van der Waals surface area (Å²) in [5, 5.41) is 3.41. The van der Waals surface area contributed by atoms with Crippen LogP contribution in [-0.4, -0.2) is 36.6 Å². The maximum Gasteiger partial charge on any atom is 0.0541 e. The van der Waals surface area contributed by atoms with Gasteiger partial charge in [-0.25, -0.2) is 0 Å². The van der Waals surface area contributed by atoms with Crippen molar-refractivity contribution in [1.82, 2.24) is 15.2 Å². The summed E-state index contributed by atoms with van der Waals surface area (Å²) in [4.78, 5) is 6.65. The summed E-state index contributed by atoms with van der Waals surface area (Å²) >= 11 is 0. The molecule has 0 saturated heterocycles. The molecule has 0 aliphatic carbocycles. The highest BCUT2D eigenvalue weighted by Gasteiger charge is 2.12. The zero-order chi connectivity index (χ0) is 12.7. The van der Waals surface area contributed by atoms with Crippen LogP contribution < -0.4 is 5.32 Å². The fraction of sp³-hybridized carbons (Fsp3) is 0.643. The molecule has 96 valence electrons. The van der Waals surface area contributed by atoms with E-state index < -0.39 is 0 Å². The first-order chi connectivity index (χ1) is 7.97. The third-order valence-electron chi connectivity index (χ3n) is 2.45. The van der Waals surface area contributed by atoms with E-state index in [4.69, 9.17) is 0 Å². The molecule has 0 bridgehead atoms. The van der Waals surface area contributed by atoms with Crippen LogP contribution in [0.4, 0.5) is 0 Å². The Balaban J connectivity index is 2.12. The molecule has 0 radical (unpaired) electrons. The zero-order valence-electron chi connectivity index (χ0n) is 11.5. The van der Waals surface area contributed by atoms with Gasteiger partial charge in [-0.3, -0.25) is 4.98 Å². The molecule has 0 saturated carbocycles. The predicted molar refractivity (Wildman–Crippen MR) is 72.9 cm³/mol. The summed E-state index contributed by atoms with van der Waals surface area (Å²) < 4.78 is 0. The molecule has 0 atom stereocenters. The van der Waals surface area contributed by atoms with E-state index in [9.17, 15) is 0 Å². The van der Waals surface area contributed by atoms with Crippen molar-refractivity contribution >= 4 is 0 Å². The van der Waals surface area contributed by atoms with Crippen LogP contribution in [-0.2, 0) is 6.54 Å². The molecule has 0 spiro atoms. The summed E-state index contributed by atoms with van der Waals surface area (Å²) in [6.07, 6.45) is 1.84. The second-order valence-corrected chi connectivity index (χ2v) is 5.80. The molecule has 0 unspecified atom stereocenters. The molecule has 1 heterocycles. The molecule has 3 heteroatoms. The highest BCUT2D eigenvalue weighted by molar-refractivity contribution is 5.02. The lowest BCUT2D eigenvalue weighted by atomic mass is 9.96. The van der Waals surface area contributed by atoms with E-state index >= 15 is 0 Å². The topological polar surface area (TPSA) is 28.2 Å². The number of nitrogens with zero attached hydrogens (tertiary/aromatic N) is 2. The molecule has 0 aliphatic heterocycles. The number of aromatic nitrogens is 1. The maximum absolute atomic E-state index is 4.28. The van der Waals surface area contributed by atoms with E-state index in [2.05, 4.69) is 43.0 Å². The van der Waals surface area contributed by atoms with Crippen molar-refractivity contribution in [2.24, 2.45) is 5.41 Å². The fourth-order valence-electron chi connectivity index (χ4n) is 1.88. The summed E-state index contributed by atoms with van der Waals surface area (Å²) in [5.74, 6) is 0. The normalized spacial score (nSPS) is 12.1. The largest absolute Gasteiger partial charge is 0.310 e. The van der Waals surface area contributed by atoms with Gasteiger partial charge >= 0.3 is 0 Å². The number of pyridine rings is 1. The van der Waals surface area contributed by atoms with Crippen molar-refractivity contribution in [2.75, 3.05) is 26.7 Å². The van der Waals surface area contributed by atoms with E-state index in [1.54, 1.807) is 0 Å². The van der Waals surface area contributed by atoms with E-state index in [0.29, 0.717) is 5.41 Å². The molecule has 3 nitrogen and oxygen atoms in total. The van der Waals surface area contributed by atoms with Gasteiger partial charge in [0.05, 0.1) is 5.69 Å². The predicted octanol–water partition coefficient (Wildman–Crippen LogP) is 2.15. The summed E-state index contributed by atoms with van der Waals surface area (Å²) in [6, 6.07) is 6.02. The number of hydrogen-bond acceptors (Lipinski definition) is 3. The minimum absolute atomic E-state index is 0.371. The van der Waals surface area contributed by atoms with Crippen LogP contribution in [0.1, 0.15) is 26.5 Å². The van der Waals surface area contributed by atoms with Gasteiger partial charge in [0.1, 0.15) is 0 Å². The van der Waals surface area contributed by atoms with E-state index in [-0.39, 0.29) is 0 Å². The van der Waals surface area contributed by atoms with Gasteiger partial charge in [-0.05, 0) is 24.6 Å². The summed E-state index contributed by atoms with van der Waals surface area (Å²) in [5.41, 5.74) is 1.47. The smallest absolute Gasteiger partial charge is 0.0541 e. The van der Waals surface area contributed by atoms with Crippen molar-refractivity contribution in [3.8, 4) is 0 Å². The Morgan fingerprint density at radius 3 is 2.65 bits per heavy atom. The maximum atomic E-state index is 4.28. The van der Waals surface area contributed by atoms with Gasteiger partial charge in [-0.2, -0.15) is 0 Å². The van der Waals surface area contributed by atoms with Crippen LogP contribution in [0.5, 0.6) is 0 Å². The minimum Gasteiger partial charge on any atom is -0.310 e. The van der Waals surface area contributed by atoms with Crippen LogP contribution in [0.15, 0.2) is 24.4 Å². The molecule has 1 N–H and O–H groups in total. The number of nitrogens with one attached hydrogen (secondary N) is 1.